The summed E-state index contributed by atoms with van der Waals surface area (Å²) in [5, 5.41) is 0. The van der Waals surface area contributed by atoms with Crippen LogP contribution in [-0.4, -0.2) is 29.9 Å². The maximum atomic E-state index is 12.3. The maximum Gasteiger partial charge on any atom is 0.338 e. The van der Waals surface area contributed by atoms with Crippen molar-refractivity contribution in [3.63, 3.8) is 0 Å². The van der Waals surface area contributed by atoms with Crippen LogP contribution in [0.2, 0.25) is 0 Å². The van der Waals surface area contributed by atoms with E-state index in [-0.39, 0.29) is 12.5 Å². The summed E-state index contributed by atoms with van der Waals surface area (Å²) in [5.74, 6) is -0.618. The van der Waals surface area contributed by atoms with Crippen LogP contribution in [-0.2, 0) is 22.5 Å². The van der Waals surface area contributed by atoms with Crippen molar-refractivity contribution in [3.8, 4) is 0 Å². The lowest BCUT2D eigenvalue weighted by Gasteiger charge is -2.28. The third-order valence-corrected chi connectivity index (χ3v) is 4.54. The van der Waals surface area contributed by atoms with Crippen molar-refractivity contribution in [2.45, 2.75) is 13.0 Å². The Labute approximate surface area is 148 Å². The summed E-state index contributed by atoms with van der Waals surface area (Å²) in [7, 11) is 0. The van der Waals surface area contributed by atoms with Gasteiger partial charge >= 0.3 is 5.97 Å². The van der Waals surface area contributed by atoms with E-state index < -0.39 is 5.97 Å². The second-order valence-corrected chi connectivity index (χ2v) is 6.67. The quantitative estimate of drug-likeness (QED) is 0.566. The minimum Gasteiger partial charge on any atom is -0.452 e. The molecule has 1 aliphatic rings. The Hall–Kier alpha value is -1.89. The highest BCUT2D eigenvalue weighted by Crippen LogP contribution is 2.18. The third-order valence-electron chi connectivity index (χ3n) is 3.87. The Balaban J connectivity index is 1.57. The average Bonchev–Trinajstić information content (AvgIpc) is 2.59. The van der Waals surface area contributed by atoms with Crippen molar-refractivity contribution in [3.05, 3.63) is 68.8 Å². The lowest BCUT2D eigenvalue weighted by atomic mass is 10.00. The molecule has 5 heteroatoms. The van der Waals surface area contributed by atoms with Crippen LogP contribution in [0.5, 0.6) is 0 Å². The molecule has 0 aromatic heterocycles. The predicted octanol–water partition coefficient (Wildman–Crippen LogP) is 3.03. The van der Waals surface area contributed by atoms with Crippen molar-refractivity contribution < 1.29 is 14.3 Å². The highest BCUT2D eigenvalue weighted by molar-refractivity contribution is 14.1. The molecule has 0 radical (unpaired) electrons. The third kappa shape index (κ3) is 3.90. The Kier molecular flexibility index (Phi) is 4.95. The predicted molar refractivity (Wildman–Crippen MR) is 95.0 cm³/mol. The normalized spacial score (nSPS) is 13.3. The van der Waals surface area contributed by atoms with E-state index in [1.165, 1.54) is 5.56 Å². The molecule has 1 aliphatic heterocycles. The number of benzene rings is 2. The van der Waals surface area contributed by atoms with Gasteiger partial charge in [-0.2, -0.15) is 0 Å². The van der Waals surface area contributed by atoms with Crippen molar-refractivity contribution >= 4 is 34.5 Å². The van der Waals surface area contributed by atoms with E-state index >= 15 is 0 Å². The highest BCUT2D eigenvalue weighted by Gasteiger charge is 2.21. The molecule has 2 aromatic rings. The molecule has 118 valence electrons. The number of carbonyl (C=O) groups excluding carboxylic acids is 2. The molecule has 0 unspecified atom stereocenters. The molecule has 0 bridgehead atoms. The molecule has 0 N–H and O–H groups in total. The van der Waals surface area contributed by atoms with Crippen molar-refractivity contribution in [1.82, 2.24) is 4.90 Å². The number of ether oxygens (including phenoxy) is 1. The van der Waals surface area contributed by atoms with Gasteiger partial charge in [-0.15, -0.1) is 0 Å². The molecule has 4 nitrogen and oxygen atoms in total. The summed E-state index contributed by atoms with van der Waals surface area (Å²) < 4.78 is 6.11. The van der Waals surface area contributed by atoms with Gasteiger partial charge in [0.05, 0.1) is 5.56 Å². The van der Waals surface area contributed by atoms with Gasteiger partial charge in [0.2, 0.25) is 0 Å². The molecule has 23 heavy (non-hydrogen) atoms. The Morgan fingerprint density at radius 2 is 1.87 bits per heavy atom. The molecule has 2 aromatic carbocycles. The zero-order valence-corrected chi connectivity index (χ0v) is 14.7. The zero-order valence-electron chi connectivity index (χ0n) is 12.5. The first kappa shape index (κ1) is 16.0. The lowest BCUT2D eigenvalue weighted by molar-refractivity contribution is -0.135. The average molecular weight is 421 g/mol. The van der Waals surface area contributed by atoms with E-state index in [1.54, 1.807) is 23.1 Å². The molecular weight excluding hydrogens is 405 g/mol. The van der Waals surface area contributed by atoms with E-state index in [0.29, 0.717) is 18.7 Å². The van der Waals surface area contributed by atoms with Crippen LogP contribution in [0.25, 0.3) is 0 Å². The van der Waals surface area contributed by atoms with E-state index in [1.807, 2.05) is 24.3 Å². The fourth-order valence-electron chi connectivity index (χ4n) is 2.63. The van der Waals surface area contributed by atoms with Crippen molar-refractivity contribution in [1.29, 1.82) is 0 Å². The number of rotatable bonds is 3. The number of hydrogen-bond acceptors (Lipinski definition) is 3. The van der Waals surface area contributed by atoms with Crippen LogP contribution < -0.4 is 0 Å². The summed E-state index contributed by atoms with van der Waals surface area (Å²) in [4.78, 5) is 26.0. The van der Waals surface area contributed by atoms with Crippen molar-refractivity contribution in [2.75, 3.05) is 13.2 Å². The van der Waals surface area contributed by atoms with Gasteiger partial charge in [-0.05, 0) is 58.3 Å². The summed E-state index contributed by atoms with van der Waals surface area (Å²) in [6, 6.07) is 15.2. The number of nitrogens with zero attached hydrogens (tertiary/aromatic N) is 1. The largest absolute Gasteiger partial charge is 0.452 e. The minimum absolute atomic E-state index is 0.154. The fourth-order valence-corrected chi connectivity index (χ4v) is 3.17. The van der Waals surface area contributed by atoms with Crippen LogP contribution in [0.1, 0.15) is 21.5 Å². The van der Waals surface area contributed by atoms with Crippen LogP contribution in [0.4, 0.5) is 0 Å². The number of esters is 1. The second-order valence-electron chi connectivity index (χ2n) is 5.42. The number of hydrogen-bond donors (Lipinski definition) is 0. The van der Waals surface area contributed by atoms with Gasteiger partial charge in [0.15, 0.2) is 6.61 Å². The monoisotopic (exact) mass is 421 g/mol. The van der Waals surface area contributed by atoms with Gasteiger partial charge in [0.1, 0.15) is 0 Å². The smallest absolute Gasteiger partial charge is 0.338 e. The maximum absolute atomic E-state index is 12.3. The van der Waals surface area contributed by atoms with E-state index in [0.717, 1.165) is 15.6 Å². The molecule has 0 saturated carbocycles. The van der Waals surface area contributed by atoms with Gasteiger partial charge in [-0.1, -0.05) is 30.3 Å². The molecule has 0 saturated heterocycles. The van der Waals surface area contributed by atoms with Crippen LogP contribution in [0, 0.1) is 3.57 Å². The van der Waals surface area contributed by atoms with Gasteiger partial charge in [-0.25, -0.2) is 4.79 Å². The van der Waals surface area contributed by atoms with Crippen LogP contribution >= 0.6 is 22.6 Å². The molecule has 0 fully saturated rings. The van der Waals surface area contributed by atoms with Gasteiger partial charge in [-0.3, -0.25) is 4.79 Å². The lowest BCUT2D eigenvalue weighted by Crippen LogP contribution is -2.38. The Morgan fingerprint density at radius 1 is 1.09 bits per heavy atom. The first-order valence-corrected chi connectivity index (χ1v) is 8.48. The van der Waals surface area contributed by atoms with Gasteiger partial charge < -0.3 is 9.64 Å². The first-order valence-electron chi connectivity index (χ1n) is 7.41. The van der Waals surface area contributed by atoms with E-state index in [4.69, 9.17) is 4.74 Å². The SMILES string of the molecule is O=C(OCC(=O)N1CCc2ccccc2C1)c1cccc(I)c1. The van der Waals surface area contributed by atoms with E-state index in [2.05, 4.69) is 28.7 Å². The van der Waals surface area contributed by atoms with Gasteiger partial charge in [0.25, 0.3) is 5.91 Å². The Morgan fingerprint density at radius 3 is 2.65 bits per heavy atom. The van der Waals surface area contributed by atoms with Gasteiger partial charge in [0, 0.05) is 16.7 Å². The fraction of sp³-hybridized carbons (Fsp3) is 0.222. The van der Waals surface area contributed by atoms with Crippen LogP contribution in [0.15, 0.2) is 48.5 Å². The van der Waals surface area contributed by atoms with Crippen LogP contribution in [0.3, 0.4) is 0 Å². The van der Waals surface area contributed by atoms with Crippen molar-refractivity contribution in [2.24, 2.45) is 0 Å². The molecule has 1 heterocycles. The molecule has 0 spiro atoms. The molecule has 3 rings (SSSR count). The Bertz CT molecular complexity index is 745. The number of amides is 1. The minimum atomic E-state index is -0.464. The summed E-state index contributed by atoms with van der Waals surface area (Å²) in [5.41, 5.74) is 2.91. The number of halogens is 1. The number of fused-ring (bicyclic) bond motifs is 1. The molecule has 1 amide bonds. The van der Waals surface area contributed by atoms with E-state index in [9.17, 15) is 9.59 Å². The second kappa shape index (κ2) is 7.12. The summed E-state index contributed by atoms with van der Waals surface area (Å²) in [6.07, 6.45) is 0.840. The standard InChI is InChI=1S/C18H16INO3/c19-16-7-3-6-14(10-16)18(22)23-12-17(21)20-9-8-13-4-1-2-5-15(13)11-20/h1-7,10H,8-9,11-12H2. The summed E-state index contributed by atoms with van der Waals surface area (Å²) in [6.45, 7) is 1.03. The molecular formula is C18H16INO3. The first-order chi connectivity index (χ1) is 11.1. The summed E-state index contributed by atoms with van der Waals surface area (Å²) >= 11 is 2.13. The molecule has 0 atom stereocenters. The molecule has 0 aliphatic carbocycles. The number of carbonyl (C=O) groups is 2. The highest BCUT2D eigenvalue weighted by atomic mass is 127. The zero-order chi connectivity index (χ0) is 16.2. The topological polar surface area (TPSA) is 46.6 Å².